The first-order valence-corrected chi connectivity index (χ1v) is 10.8. The SMILES string of the molecule is COc1ccccc1OCCCCCOc1ccc(C(=N)N)cc1.CS(=O)(=O)O. The molecule has 0 aliphatic heterocycles. The van der Waals surface area contributed by atoms with E-state index >= 15 is 0 Å². The molecule has 4 N–H and O–H groups in total. The van der Waals surface area contributed by atoms with E-state index in [4.69, 9.17) is 29.9 Å². The van der Waals surface area contributed by atoms with Gasteiger partial charge < -0.3 is 19.9 Å². The fraction of sp³-hybridized carbons (Fsp3) is 0.350. The van der Waals surface area contributed by atoms with Crippen LogP contribution in [-0.2, 0) is 10.1 Å². The number of nitrogens with two attached hydrogens (primary N) is 1. The van der Waals surface area contributed by atoms with E-state index in [-0.39, 0.29) is 5.84 Å². The van der Waals surface area contributed by atoms with E-state index in [0.717, 1.165) is 36.5 Å². The molecule has 2 aromatic carbocycles. The third-order valence-corrected chi connectivity index (χ3v) is 3.55. The summed E-state index contributed by atoms with van der Waals surface area (Å²) in [6, 6.07) is 14.9. The quantitative estimate of drug-likeness (QED) is 0.231. The van der Waals surface area contributed by atoms with Crippen molar-refractivity contribution < 1.29 is 27.2 Å². The Morgan fingerprint density at radius 1 is 0.966 bits per heavy atom. The van der Waals surface area contributed by atoms with E-state index in [9.17, 15) is 8.42 Å². The average molecular weight is 425 g/mol. The molecule has 0 amide bonds. The zero-order chi connectivity index (χ0) is 21.7. The van der Waals surface area contributed by atoms with E-state index in [1.165, 1.54) is 0 Å². The number of hydrogen-bond acceptors (Lipinski definition) is 6. The highest BCUT2D eigenvalue weighted by Crippen LogP contribution is 2.25. The summed E-state index contributed by atoms with van der Waals surface area (Å²) in [5, 5.41) is 7.34. The molecule has 9 heteroatoms. The molecule has 8 nitrogen and oxygen atoms in total. The molecule has 2 aromatic rings. The molecule has 0 bridgehead atoms. The molecule has 2 rings (SSSR count). The van der Waals surface area contributed by atoms with Crippen molar-refractivity contribution in [2.45, 2.75) is 19.3 Å². The van der Waals surface area contributed by atoms with Crippen molar-refractivity contribution in [3.63, 3.8) is 0 Å². The van der Waals surface area contributed by atoms with E-state index < -0.39 is 10.1 Å². The van der Waals surface area contributed by atoms with Gasteiger partial charge in [0.05, 0.1) is 26.6 Å². The van der Waals surface area contributed by atoms with Crippen LogP contribution >= 0.6 is 0 Å². The molecule has 0 atom stereocenters. The molecule has 0 saturated carbocycles. The normalized spacial score (nSPS) is 10.4. The number of unbranched alkanes of at least 4 members (excludes halogenated alkanes) is 2. The maximum atomic E-state index is 9.19. The van der Waals surface area contributed by atoms with Gasteiger partial charge in [-0.15, -0.1) is 0 Å². The largest absolute Gasteiger partial charge is 0.494 e. The highest BCUT2D eigenvalue weighted by atomic mass is 32.2. The predicted octanol–water partition coefficient (Wildman–Crippen LogP) is 3.11. The summed E-state index contributed by atoms with van der Waals surface area (Å²) in [5.74, 6) is 2.40. The summed E-state index contributed by atoms with van der Waals surface area (Å²) in [4.78, 5) is 0. The van der Waals surface area contributed by atoms with Gasteiger partial charge in [0, 0.05) is 5.56 Å². The molecule has 0 aliphatic carbocycles. The first-order chi connectivity index (χ1) is 13.7. The molecule has 0 fully saturated rings. The molecule has 0 heterocycles. The van der Waals surface area contributed by atoms with E-state index in [1.807, 2.05) is 36.4 Å². The van der Waals surface area contributed by atoms with Crippen molar-refractivity contribution in [3.8, 4) is 17.2 Å². The molecule has 0 spiro atoms. The summed E-state index contributed by atoms with van der Waals surface area (Å²) in [5.41, 5.74) is 6.12. The van der Waals surface area contributed by atoms with Gasteiger partial charge >= 0.3 is 0 Å². The summed E-state index contributed by atoms with van der Waals surface area (Å²) in [7, 11) is -2.03. The molecule has 0 saturated heterocycles. The molecular formula is C20H28N2O6S. The number of para-hydroxylation sites is 2. The first-order valence-electron chi connectivity index (χ1n) is 8.96. The minimum absolute atomic E-state index is 0.0663. The Morgan fingerprint density at radius 3 is 2.00 bits per heavy atom. The summed E-state index contributed by atoms with van der Waals surface area (Å²) in [6.45, 7) is 1.32. The summed E-state index contributed by atoms with van der Waals surface area (Å²) < 4.78 is 42.5. The van der Waals surface area contributed by atoms with Crippen molar-refractivity contribution in [3.05, 3.63) is 54.1 Å². The Labute approximate surface area is 171 Å². The van der Waals surface area contributed by atoms with E-state index in [2.05, 4.69) is 0 Å². The Morgan fingerprint density at radius 2 is 1.48 bits per heavy atom. The Kier molecular flexibility index (Phi) is 10.6. The number of benzene rings is 2. The highest BCUT2D eigenvalue weighted by molar-refractivity contribution is 7.85. The van der Waals surface area contributed by atoms with Crippen LogP contribution in [0.3, 0.4) is 0 Å². The second-order valence-electron chi connectivity index (χ2n) is 6.08. The number of ether oxygens (including phenoxy) is 3. The maximum Gasteiger partial charge on any atom is 0.261 e. The van der Waals surface area contributed by atoms with Crippen LogP contribution in [0.4, 0.5) is 0 Å². The third kappa shape index (κ3) is 11.6. The van der Waals surface area contributed by atoms with Gasteiger partial charge in [0.2, 0.25) is 0 Å². The molecule has 0 radical (unpaired) electrons. The number of nitrogens with one attached hydrogen (secondary N) is 1. The third-order valence-electron chi connectivity index (χ3n) is 3.55. The smallest absolute Gasteiger partial charge is 0.261 e. The topological polar surface area (TPSA) is 132 Å². The number of hydrogen-bond donors (Lipinski definition) is 3. The van der Waals surface area contributed by atoms with Crippen LogP contribution in [0.2, 0.25) is 0 Å². The van der Waals surface area contributed by atoms with E-state index in [1.54, 1.807) is 19.2 Å². The van der Waals surface area contributed by atoms with Gasteiger partial charge in [-0.05, 0) is 55.7 Å². The number of amidine groups is 1. The predicted molar refractivity (Wildman–Crippen MR) is 113 cm³/mol. The van der Waals surface area contributed by atoms with Gasteiger partial charge in [-0.2, -0.15) is 8.42 Å². The zero-order valence-electron chi connectivity index (χ0n) is 16.6. The van der Waals surface area contributed by atoms with Crippen LogP contribution in [-0.4, -0.2) is 45.4 Å². The molecule has 160 valence electrons. The van der Waals surface area contributed by atoms with Crippen molar-refractivity contribution >= 4 is 16.0 Å². The number of methoxy groups -OCH3 is 1. The van der Waals surface area contributed by atoms with Crippen molar-refractivity contribution in [2.75, 3.05) is 26.6 Å². The monoisotopic (exact) mass is 424 g/mol. The number of rotatable bonds is 10. The molecule has 0 unspecified atom stereocenters. The fourth-order valence-corrected chi connectivity index (χ4v) is 2.22. The van der Waals surface area contributed by atoms with Gasteiger partial charge in [0.1, 0.15) is 11.6 Å². The van der Waals surface area contributed by atoms with Gasteiger partial charge in [-0.3, -0.25) is 9.96 Å². The van der Waals surface area contributed by atoms with Crippen LogP contribution in [0, 0.1) is 5.41 Å². The Hall–Kier alpha value is -2.78. The van der Waals surface area contributed by atoms with Crippen LogP contribution < -0.4 is 19.9 Å². The molecule has 0 aliphatic rings. The van der Waals surface area contributed by atoms with Gasteiger partial charge in [0.25, 0.3) is 10.1 Å². The van der Waals surface area contributed by atoms with Gasteiger partial charge in [0.15, 0.2) is 11.5 Å². The minimum Gasteiger partial charge on any atom is -0.494 e. The van der Waals surface area contributed by atoms with Crippen LogP contribution in [0.5, 0.6) is 17.2 Å². The first kappa shape index (κ1) is 24.3. The fourth-order valence-electron chi connectivity index (χ4n) is 2.22. The second-order valence-corrected chi connectivity index (χ2v) is 7.55. The second kappa shape index (κ2) is 12.6. The lowest BCUT2D eigenvalue weighted by atomic mass is 10.2. The molecule has 29 heavy (non-hydrogen) atoms. The van der Waals surface area contributed by atoms with Crippen LogP contribution in [0.15, 0.2) is 48.5 Å². The van der Waals surface area contributed by atoms with Gasteiger partial charge in [-0.25, -0.2) is 0 Å². The van der Waals surface area contributed by atoms with Crippen molar-refractivity contribution in [2.24, 2.45) is 5.73 Å². The van der Waals surface area contributed by atoms with Crippen LogP contribution in [0.1, 0.15) is 24.8 Å². The molecular weight excluding hydrogens is 396 g/mol. The highest BCUT2D eigenvalue weighted by Gasteiger charge is 2.02. The lowest BCUT2D eigenvalue weighted by Gasteiger charge is -2.10. The summed E-state index contributed by atoms with van der Waals surface area (Å²) in [6.07, 6.45) is 3.67. The Balaban J connectivity index is 0.000000749. The lowest BCUT2D eigenvalue weighted by molar-refractivity contribution is 0.270. The molecule has 0 aromatic heterocycles. The zero-order valence-corrected chi connectivity index (χ0v) is 17.4. The van der Waals surface area contributed by atoms with Crippen molar-refractivity contribution in [1.82, 2.24) is 0 Å². The lowest BCUT2D eigenvalue weighted by Crippen LogP contribution is -2.10. The van der Waals surface area contributed by atoms with Crippen LogP contribution in [0.25, 0.3) is 0 Å². The average Bonchev–Trinajstić information content (AvgIpc) is 2.66. The standard InChI is InChI=1S/C19H24N2O3.CH4O3S/c1-22-17-7-3-4-8-18(17)24-14-6-2-5-13-23-16-11-9-15(10-12-16)19(20)21;1-5(2,3)4/h3-4,7-12H,2,5-6,13-14H2,1H3,(H3,20,21);1H3,(H,2,3,4). The number of nitrogen functional groups attached to an aromatic ring is 1. The maximum absolute atomic E-state index is 9.19. The van der Waals surface area contributed by atoms with E-state index in [0.29, 0.717) is 25.0 Å². The summed E-state index contributed by atoms with van der Waals surface area (Å²) >= 11 is 0. The Bertz CT molecular complexity index is 846. The van der Waals surface area contributed by atoms with Gasteiger partial charge in [-0.1, -0.05) is 12.1 Å². The van der Waals surface area contributed by atoms with Crippen molar-refractivity contribution in [1.29, 1.82) is 5.41 Å². The minimum atomic E-state index is -3.67.